The average Bonchev–Trinajstić information content (AvgIpc) is 3.45. The number of aromatic nitrogens is 4. The SMILES string of the molecule is CCOc1nc(N)nc2c1ncn2[C@@H]1O[C@H](COP(=O)(O)NC(COC(=O)C(C)C)Cc2ccccc2)C[C@@]1(C)Cl. The number of imidazole rings is 1. The topological polar surface area (TPSA) is 173 Å². The number of ether oxygens (including phenoxy) is 3. The number of alkyl halides is 1. The molecule has 4 rings (SSSR count). The fourth-order valence-electron chi connectivity index (χ4n) is 4.53. The van der Waals surface area contributed by atoms with E-state index in [2.05, 4.69) is 20.0 Å². The van der Waals surface area contributed by atoms with Crippen LogP contribution in [0.2, 0.25) is 0 Å². The highest BCUT2D eigenvalue weighted by Crippen LogP contribution is 2.46. The number of nitrogens with one attached hydrogen (secondary N) is 1. The number of esters is 1. The first-order valence-electron chi connectivity index (χ1n) is 13.3. The second-order valence-corrected chi connectivity index (χ2v) is 12.8. The number of carbonyl (C=O) groups excluding carboxylic acids is 1. The molecule has 2 unspecified atom stereocenters. The van der Waals surface area contributed by atoms with Crippen molar-refractivity contribution in [3.8, 4) is 5.88 Å². The molecule has 3 heterocycles. The Balaban J connectivity index is 1.43. The average molecular weight is 611 g/mol. The fraction of sp³-hybridized carbons (Fsp3) is 0.538. The Bertz CT molecular complexity index is 1390. The van der Waals surface area contributed by atoms with E-state index in [1.165, 1.54) is 6.33 Å². The summed E-state index contributed by atoms with van der Waals surface area (Å²) in [5.74, 6) is -0.478. The fourth-order valence-corrected chi connectivity index (χ4v) is 5.93. The summed E-state index contributed by atoms with van der Waals surface area (Å²) >= 11 is 6.85. The van der Waals surface area contributed by atoms with Crippen LogP contribution in [0.3, 0.4) is 0 Å². The van der Waals surface area contributed by atoms with Gasteiger partial charge in [-0.3, -0.25) is 13.9 Å². The molecule has 0 saturated carbocycles. The van der Waals surface area contributed by atoms with E-state index < -0.39 is 37.0 Å². The second-order valence-electron chi connectivity index (χ2n) is 10.4. The monoisotopic (exact) mass is 610 g/mol. The van der Waals surface area contributed by atoms with Crippen molar-refractivity contribution in [3.63, 3.8) is 0 Å². The van der Waals surface area contributed by atoms with Gasteiger partial charge in [-0.1, -0.05) is 44.2 Å². The van der Waals surface area contributed by atoms with Gasteiger partial charge >= 0.3 is 13.7 Å². The van der Waals surface area contributed by atoms with Gasteiger partial charge < -0.3 is 24.8 Å². The molecule has 4 N–H and O–H groups in total. The number of nitrogens with two attached hydrogens (primary N) is 1. The van der Waals surface area contributed by atoms with Crippen LogP contribution in [0, 0.1) is 5.92 Å². The summed E-state index contributed by atoms with van der Waals surface area (Å²) in [6, 6.07) is 8.68. The lowest BCUT2D eigenvalue weighted by Crippen LogP contribution is -2.35. The summed E-state index contributed by atoms with van der Waals surface area (Å²) in [7, 11) is -4.34. The number of nitrogen functional groups attached to an aromatic ring is 1. The van der Waals surface area contributed by atoms with Gasteiger partial charge in [0.2, 0.25) is 11.8 Å². The molecule has 0 amide bonds. The van der Waals surface area contributed by atoms with E-state index in [9.17, 15) is 14.3 Å². The van der Waals surface area contributed by atoms with Gasteiger partial charge in [0.25, 0.3) is 0 Å². The van der Waals surface area contributed by atoms with E-state index in [1.54, 1.807) is 25.3 Å². The van der Waals surface area contributed by atoms with Gasteiger partial charge in [0.1, 0.15) is 6.61 Å². The van der Waals surface area contributed by atoms with Gasteiger partial charge in [-0.25, -0.2) is 14.6 Å². The van der Waals surface area contributed by atoms with Crippen LogP contribution in [0.5, 0.6) is 5.88 Å². The predicted molar refractivity (Wildman–Crippen MR) is 152 cm³/mol. The van der Waals surface area contributed by atoms with Crippen molar-refractivity contribution in [2.45, 2.75) is 63.8 Å². The van der Waals surface area contributed by atoms with Crippen LogP contribution in [0.15, 0.2) is 36.7 Å². The molecular formula is C26H36ClN6O7P. The zero-order chi connectivity index (χ0) is 29.8. The van der Waals surface area contributed by atoms with E-state index >= 15 is 0 Å². The molecule has 15 heteroatoms. The van der Waals surface area contributed by atoms with Crippen LogP contribution in [0.4, 0.5) is 5.95 Å². The zero-order valence-corrected chi connectivity index (χ0v) is 25.0. The maximum absolute atomic E-state index is 13.1. The molecule has 0 spiro atoms. The molecule has 1 aromatic carbocycles. The van der Waals surface area contributed by atoms with Crippen molar-refractivity contribution < 1.29 is 33.0 Å². The van der Waals surface area contributed by atoms with Crippen LogP contribution in [-0.2, 0) is 29.8 Å². The molecule has 2 aromatic heterocycles. The number of halogens is 1. The van der Waals surface area contributed by atoms with Gasteiger partial charge in [0.05, 0.1) is 42.5 Å². The number of anilines is 1. The van der Waals surface area contributed by atoms with E-state index in [1.807, 2.05) is 37.3 Å². The molecular weight excluding hydrogens is 575 g/mol. The van der Waals surface area contributed by atoms with E-state index in [0.29, 0.717) is 30.6 Å². The predicted octanol–water partition coefficient (Wildman–Crippen LogP) is 3.61. The van der Waals surface area contributed by atoms with Crippen LogP contribution in [-0.4, -0.2) is 67.2 Å². The van der Waals surface area contributed by atoms with Gasteiger partial charge in [-0.15, -0.1) is 11.6 Å². The van der Waals surface area contributed by atoms with Gasteiger partial charge in [0, 0.05) is 0 Å². The maximum atomic E-state index is 13.1. The number of benzene rings is 1. The molecule has 3 aromatic rings. The van der Waals surface area contributed by atoms with E-state index in [4.69, 9.17) is 36.1 Å². The van der Waals surface area contributed by atoms with Crippen molar-refractivity contribution in [1.29, 1.82) is 0 Å². The number of nitrogens with zero attached hydrogens (tertiary/aromatic N) is 4. The van der Waals surface area contributed by atoms with Crippen LogP contribution >= 0.6 is 19.3 Å². The first kappa shape index (κ1) is 31.1. The quantitative estimate of drug-likeness (QED) is 0.146. The molecule has 1 saturated heterocycles. The summed E-state index contributed by atoms with van der Waals surface area (Å²) in [6.07, 6.45) is 0.792. The molecule has 1 aliphatic rings. The van der Waals surface area contributed by atoms with Crippen molar-refractivity contribution >= 4 is 42.4 Å². The Morgan fingerprint density at radius 1 is 1.34 bits per heavy atom. The Labute approximate surface area is 243 Å². The lowest BCUT2D eigenvalue weighted by atomic mass is 10.1. The lowest BCUT2D eigenvalue weighted by Gasteiger charge is -2.24. The molecule has 0 bridgehead atoms. The van der Waals surface area contributed by atoms with Crippen LogP contribution < -0.4 is 15.6 Å². The molecule has 13 nitrogen and oxygen atoms in total. The molecule has 0 aliphatic carbocycles. The first-order valence-corrected chi connectivity index (χ1v) is 15.3. The standard InChI is InChI=1S/C26H36ClN6O7P/c1-5-37-22-20-21(30-25(28)31-22)33(15-29-20)24-26(4,27)12-19(40-24)14-39-41(35,36)32-18(13-38-23(34)16(2)3)11-17-9-7-6-8-10-17/h6-10,15-16,18-19,24H,5,11-14H2,1-4H3,(H2,28,30,31)(H2,32,35,36)/t18?,19-,24+,26+/m0/s1. The van der Waals surface area contributed by atoms with Crippen molar-refractivity contribution in [2.75, 3.05) is 25.6 Å². The normalized spacial score (nSPS) is 23.0. The molecule has 41 heavy (non-hydrogen) atoms. The van der Waals surface area contributed by atoms with Gasteiger partial charge in [-0.2, -0.15) is 9.97 Å². The highest BCUT2D eigenvalue weighted by molar-refractivity contribution is 7.50. The highest BCUT2D eigenvalue weighted by Gasteiger charge is 2.46. The van der Waals surface area contributed by atoms with Crippen molar-refractivity contribution in [2.24, 2.45) is 5.92 Å². The zero-order valence-electron chi connectivity index (χ0n) is 23.4. The Morgan fingerprint density at radius 2 is 2.07 bits per heavy atom. The van der Waals surface area contributed by atoms with E-state index in [-0.39, 0.29) is 31.0 Å². The molecule has 1 aliphatic heterocycles. The minimum absolute atomic E-state index is 0.00767. The largest absolute Gasteiger partial charge is 0.476 e. The number of hydrogen-bond acceptors (Lipinski definition) is 10. The third-order valence-electron chi connectivity index (χ3n) is 6.41. The summed E-state index contributed by atoms with van der Waals surface area (Å²) in [4.78, 5) is 34.5. The minimum atomic E-state index is -4.34. The first-order chi connectivity index (χ1) is 19.4. The Hall–Kier alpha value is -2.80. The van der Waals surface area contributed by atoms with Crippen molar-refractivity contribution in [1.82, 2.24) is 24.6 Å². The smallest absolute Gasteiger partial charge is 0.403 e. The van der Waals surface area contributed by atoms with Crippen LogP contribution in [0.25, 0.3) is 11.2 Å². The summed E-state index contributed by atoms with van der Waals surface area (Å²) in [5, 5.41) is 2.63. The molecule has 224 valence electrons. The Kier molecular flexibility index (Phi) is 9.89. The van der Waals surface area contributed by atoms with Gasteiger partial charge in [0.15, 0.2) is 17.4 Å². The van der Waals surface area contributed by atoms with Gasteiger partial charge in [-0.05, 0) is 32.3 Å². The number of rotatable bonds is 13. The third-order valence-corrected chi connectivity index (χ3v) is 7.94. The third kappa shape index (κ3) is 7.94. The molecule has 5 atom stereocenters. The molecule has 1 fully saturated rings. The maximum Gasteiger partial charge on any atom is 0.403 e. The summed E-state index contributed by atoms with van der Waals surface area (Å²) < 4.78 is 37.2. The highest BCUT2D eigenvalue weighted by atomic mass is 35.5. The lowest BCUT2D eigenvalue weighted by molar-refractivity contribution is -0.148. The number of carbonyl (C=O) groups is 1. The van der Waals surface area contributed by atoms with Crippen molar-refractivity contribution in [3.05, 3.63) is 42.2 Å². The summed E-state index contributed by atoms with van der Waals surface area (Å²) in [6.45, 7) is 7.07. The number of hydrogen-bond donors (Lipinski definition) is 3. The molecule has 0 radical (unpaired) electrons. The number of fused-ring (bicyclic) bond motifs is 1. The second kappa shape index (κ2) is 13.0. The van der Waals surface area contributed by atoms with Crippen LogP contribution in [0.1, 0.15) is 45.9 Å². The summed E-state index contributed by atoms with van der Waals surface area (Å²) in [5.41, 5.74) is 7.57. The van der Waals surface area contributed by atoms with E-state index in [0.717, 1.165) is 5.56 Å². The Morgan fingerprint density at radius 3 is 2.76 bits per heavy atom. The minimum Gasteiger partial charge on any atom is -0.476 e.